The highest BCUT2D eigenvalue weighted by molar-refractivity contribution is 5.18. The summed E-state index contributed by atoms with van der Waals surface area (Å²) in [6, 6.07) is 11.2. The lowest BCUT2D eigenvalue weighted by molar-refractivity contribution is 0.0149. The molecule has 0 bridgehead atoms. The molecule has 0 radical (unpaired) electrons. The van der Waals surface area contributed by atoms with Crippen molar-refractivity contribution in [1.82, 2.24) is 5.32 Å². The highest BCUT2D eigenvalue weighted by Gasteiger charge is 2.17. The number of hydrogen-bond donors (Lipinski definition) is 1. The van der Waals surface area contributed by atoms with E-state index in [2.05, 4.69) is 49.5 Å². The van der Waals surface area contributed by atoms with Crippen LogP contribution in [0.1, 0.15) is 51.1 Å². The van der Waals surface area contributed by atoms with Crippen molar-refractivity contribution in [2.75, 3.05) is 13.2 Å². The van der Waals surface area contributed by atoms with Crippen LogP contribution in [-0.2, 0) is 4.74 Å². The van der Waals surface area contributed by atoms with Crippen LogP contribution >= 0.6 is 0 Å². The van der Waals surface area contributed by atoms with Gasteiger partial charge in [-0.1, -0.05) is 44.2 Å². The van der Waals surface area contributed by atoms with Gasteiger partial charge < -0.3 is 10.1 Å². The van der Waals surface area contributed by atoms with Crippen LogP contribution in [0.4, 0.5) is 0 Å². The van der Waals surface area contributed by atoms with E-state index < -0.39 is 0 Å². The predicted octanol–water partition coefficient (Wildman–Crippen LogP) is 3.93. The van der Waals surface area contributed by atoms with Crippen molar-refractivity contribution in [2.24, 2.45) is 5.92 Å². The van der Waals surface area contributed by atoms with Gasteiger partial charge in [0.1, 0.15) is 0 Å². The maximum Gasteiger partial charge on any atom is 0.0699 e. The first-order valence-electron chi connectivity index (χ1n) is 7.65. The molecule has 1 fully saturated rings. The topological polar surface area (TPSA) is 21.3 Å². The molecule has 0 saturated carbocycles. The molecule has 0 spiro atoms. The summed E-state index contributed by atoms with van der Waals surface area (Å²) in [5.74, 6) is 0.699. The molecule has 1 aromatic carbocycles. The third-order valence-electron chi connectivity index (χ3n) is 3.77. The van der Waals surface area contributed by atoms with Gasteiger partial charge >= 0.3 is 0 Å². The molecule has 2 unspecified atom stereocenters. The van der Waals surface area contributed by atoms with E-state index in [1.165, 1.54) is 31.2 Å². The van der Waals surface area contributed by atoms with Gasteiger partial charge in [0.2, 0.25) is 0 Å². The second kappa shape index (κ2) is 7.66. The van der Waals surface area contributed by atoms with Crippen LogP contribution in [-0.4, -0.2) is 19.3 Å². The molecule has 2 rings (SSSR count). The highest BCUT2D eigenvalue weighted by atomic mass is 16.5. The molecule has 1 aromatic rings. The lowest BCUT2D eigenvalue weighted by Gasteiger charge is -2.27. The number of rotatable bonds is 6. The molecule has 2 nitrogen and oxygen atoms in total. The first kappa shape index (κ1) is 14.5. The summed E-state index contributed by atoms with van der Waals surface area (Å²) < 4.78 is 5.81. The van der Waals surface area contributed by atoms with Crippen LogP contribution in [0.3, 0.4) is 0 Å². The second-order valence-corrected chi connectivity index (χ2v) is 5.99. The fourth-order valence-electron chi connectivity index (χ4n) is 2.74. The van der Waals surface area contributed by atoms with Crippen LogP contribution in [0.15, 0.2) is 30.3 Å². The molecule has 1 aliphatic heterocycles. The van der Waals surface area contributed by atoms with Gasteiger partial charge in [-0.3, -0.25) is 0 Å². The normalized spacial score (nSPS) is 21.5. The van der Waals surface area contributed by atoms with Crippen molar-refractivity contribution in [3.05, 3.63) is 35.9 Å². The zero-order valence-electron chi connectivity index (χ0n) is 12.3. The van der Waals surface area contributed by atoms with Crippen LogP contribution < -0.4 is 5.32 Å². The van der Waals surface area contributed by atoms with Gasteiger partial charge in [-0.25, -0.2) is 0 Å². The van der Waals surface area contributed by atoms with E-state index in [9.17, 15) is 0 Å². The quantitative estimate of drug-likeness (QED) is 0.837. The van der Waals surface area contributed by atoms with Crippen LogP contribution in [0.25, 0.3) is 0 Å². The van der Waals surface area contributed by atoms with Crippen molar-refractivity contribution in [3.63, 3.8) is 0 Å². The molecule has 2 atom stereocenters. The van der Waals surface area contributed by atoms with Gasteiger partial charge in [0.05, 0.1) is 6.10 Å². The molecule has 0 aliphatic carbocycles. The van der Waals surface area contributed by atoms with E-state index in [1.54, 1.807) is 0 Å². The summed E-state index contributed by atoms with van der Waals surface area (Å²) in [6.45, 7) is 6.49. The van der Waals surface area contributed by atoms with Crippen LogP contribution in [0.5, 0.6) is 0 Å². The molecule has 1 N–H and O–H groups in total. The SMILES string of the molecule is CC(C)CC(NCC1CCCCO1)c1ccccc1. The van der Waals surface area contributed by atoms with Gasteiger partial charge in [-0.2, -0.15) is 0 Å². The van der Waals surface area contributed by atoms with Gasteiger partial charge in [0, 0.05) is 19.2 Å². The fraction of sp³-hybridized carbons (Fsp3) is 0.647. The maximum absolute atomic E-state index is 5.81. The monoisotopic (exact) mass is 261 g/mol. The van der Waals surface area contributed by atoms with Crippen molar-refractivity contribution < 1.29 is 4.74 Å². The molecule has 1 aliphatic rings. The lowest BCUT2D eigenvalue weighted by Crippen LogP contribution is -2.34. The molecular weight excluding hydrogens is 234 g/mol. The third-order valence-corrected chi connectivity index (χ3v) is 3.77. The fourth-order valence-corrected chi connectivity index (χ4v) is 2.74. The number of hydrogen-bond acceptors (Lipinski definition) is 2. The van der Waals surface area contributed by atoms with E-state index in [1.807, 2.05) is 0 Å². The van der Waals surface area contributed by atoms with Gasteiger partial charge in [0.25, 0.3) is 0 Å². The van der Waals surface area contributed by atoms with E-state index in [4.69, 9.17) is 4.74 Å². The standard InChI is InChI=1S/C17H27NO/c1-14(2)12-17(15-8-4-3-5-9-15)18-13-16-10-6-7-11-19-16/h3-5,8-9,14,16-18H,6-7,10-13H2,1-2H3. The zero-order chi connectivity index (χ0) is 13.5. The summed E-state index contributed by atoms with van der Waals surface area (Å²) in [4.78, 5) is 0. The Morgan fingerprint density at radius 2 is 2.00 bits per heavy atom. The summed E-state index contributed by atoms with van der Waals surface area (Å²) in [7, 11) is 0. The maximum atomic E-state index is 5.81. The van der Waals surface area contributed by atoms with E-state index in [-0.39, 0.29) is 0 Å². The smallest absolute Gasteiger partial charge is 0.0699 e. The average molecular weight is 261 g/mol. The minimum Gasteiger partial charge on any atom is -0.377 e. The number of benzene rings is 1. The van der Waals surface area contributed by atoms with Gasteiger partial charge in [0.15, 0.2) is 0 Å². The first-order valence-corrected chi connectivity index (χ1v) is 7.65. The molecule has 0 aromatic heterocycles. The van der Waals surface area contributed by atoms with Crippen molar-refractivity contribution >= 4 is 0 Å². The van der Waals surface area contributed by atoms with Crippen molar-refractivity contribution in [2.45, 2.75) is 51.7 Å². The third kappa shape index (κ3) is 4.96. The van der Waals surface area contributed by atoms with E-state index in [0.717, 1.165) is 13.2 Å². The second-order valence-electron chi connectivity index (χ2n) is 5.99. The largest absolute Gasteiger partial charge is 0.377 e. The Morgan fingerprint density at radius 3 is 2.63 bits per heavy atom. The minimum absolute atomic E-state index is 0.409. The molecule has 1 saturated heterocycles. The highest BCUT2D eigenvalue weighted by Crippen LogP contribution is 2.22. The zero-order valence-corrected chi connectivity index (χ0v) is 12.3. The van der Waals surface area contributed by atoms with E-state index >= 15 is 0 Å². The Balaban J connectivity index is 1.90. The molecule has 1 heterocycles. The summed E-state index contributed by atoms with van der Waals surface area (Å²) >= 11 is 0. The Morgan fingerprint density at radius 1 is 1.21 bits per heavy atom. The van der Waals surface area contributed by atoms with Crippen molar-refractivity contribution in [1.29, 1.82) is 0 Å². The van der Waals surface area contributed by atoms with Gasteiger partial charge in [-0.05, 0) is 37.2 Å². The Labute approximate surface area is 117 Å². The number of ether oxygens (including phenoxy) is 1. The van der Waals surface area contributed by atoms with Crippen LogP contribution in [0.2, 0.25) is 0 Å². The predicted molar refractivity (Wildman–Crippen MR) is 80.2 cm³/mol. The van der Waals surface area contributed by atoms with E-state index in [0.29, 0.717) is 18.1 Å². The summed E-state index contributed by atoms with van der Waals surface area (Å²) in [6.07, 6.45) is 5.33. The molecule has 2 heteroatoms. The summed E-state index contributed by atoms with van der Waals surface area (Å²) in [5, 5.41) is 3.71. The summed E-state index contributed by atoms with van der Waals surface area (Å²) in [5.41, 5.74) is 1.40. The average Bonchev–Trinajstić information content (AvgIpc) is 2.45. The Kier molecular flexibility index (Phi) is 5.87. The Hall–Kier alpha value is -0.860. The molecular formula is C17H27NO. The molecule has 106 valence electrons. The lowest BCUT2D eigenvalue weighted by atomic mass is 9.96. The Bertz CT molecular complexity index is 344. The van der Waals surface area contributed by atoms with Crippen LogP contribution in [0, 0.1) is 5.92 Å². The minimum atomic E-state index is 0.409. The molecule has 19 heavy (non-hydrogen) atoms. The number of nitrogens with one attached hydrogen (secondary N) is 1. The molecule has 0 amide bonds. The van der Waals surface area contributed by atoms with Gasteiger partial charge in [-0.15, -0.1) is 0 Å². The van der Waals surface area contributed by atoms with Crippen molar-refractivity contribution in [3.8, 4) is 0 Å². The first-order chi connectivity index (χ1) is 9.25.